The maximum atomic E-state index is 12.3. The molecule has 0 radical (unpaired) electrons. The number of nitro benzene ring substituents is 1. The van der Waals surface area contributed by atoms with E-state index in [4.69, 9.17) is 4.74 Å². The number of carbonyl (C=O) groups excluding carboxylic acids is 3. The molecule has 0 aromatic heterocycles. The van der Waals surface area contributed by atoms with Gasteiger partial charge in [0.1, 0.15) is 18.9 Å². The first-order chi connectivity index (χ1) is 14.4. The van der Waals surface area contributed by atoms with Crippen molar-refractivity contribution in [3.63, 3.8) is 0 Å². The van der Waals surface area contributed by atoms with Crippen LogP contribution in [-0.4, -0.2) is 40.6 Å². The van der Waals surface area contributed by atoms with Crippen molar-refractivity contribution in [2.24, 2.45) is 0 Å². The van der Waals surface area contributed by atoms with E-state index in [1.54, 1.807) is 42.5 Å². The summed E-state index contributed by atoms with van der Waals surface area (Å²) in [5.74, 6) is -0.647. The van der Waals surface area contributed by atoms with Gasteiger partial charge in [-0.3, -0.25) is 29.4 Å². The summed E-state index contributed by atoms with van der Waals surface area (Å²) in [6.07, 6.45) is 1.56. The summed E-state index contributed by atoms with van der Waals surface area (Å²) in [5, 5.41) is 10.1. The van der Waals surface area contributed by atoms with Gasteiger partial charge >= 0.3 is 5.97 Å². The van der Waals surface area contributed by atoms with Crippen molar-refractivity contribution in [3.05, 3.63) is 74.7 Å². The van der Waals surface area contributed by atoms with Gasteiger partial charge in [-0.1, -0.05) is 12.1 Å². The predicted octanol–water partition coefficient (Wildman–Crippen LogP) is 3.38. The lowest BCUT2D eigenvalue weighted by Gasteiger charge is -2.09. The lowest BCUT2D eigenvalue weighted by Crippen LogP contribution is -2.34. The largest absolute Gasteiger partial charge is 0.489 e. The molecule has 1 heterocycles. The zero-order valence-corrected chi connectivity index (χ0v) is 16.6. The molecule has 0 spiro atoms. The number of amides is 2. The number of hydrogen-bond acceptors (Lipinski definition) is 8. The van der Waals surface area contributed by atoms with Gasteiger partial charge in [-0.2, -0.15) is 0 Å². The smallest absolute Gasteiger partial charge is 0.325 e. The van der Waals surface area contributed by atoms with Crippen LogP contribution >= 0.6 is 11.8 Å². The van der Waals surface area contributed by atoms with Crippen LogP contribution < -0.4 is 4.74 Å². The number of esters is 1. The molecular formula is C20H16N2O7S. The highest BCUT2D eigenvalue weighted by Crippen LogP contribution is 2.32. The highest BCUT2D eigenvalue weighted by Gasteiger charge is 2.36. The van der Waals surface area contributed by atoms with Gasteiger partial charge in [0.2, 0.25) is 0 Å². The fraction of sp³-hybridized carbons (Fsp3) is 0.150. The Hall–Kier alpha value is -3.66. The average Bonchev–Trinajstić information content (AvgIpc) is 3.00. The Morgan fingerprint density at radius 1 is 1.13 bits per heavy atom. The summed E-state index contributed by atoms with van der Waals surface area (Å²) < 4.78 is 10.1. The van der Waals surface area contributed by atoms with Crippen molar-refractivity contribution in [3.8, 4) is 5.75 Å². The number of ether oxygens (including phenoxy) is 2. The average molecular weight is 428 g/mol. The molecule has 2 aromatic carbocycles. The SMILES string of the molecule is COC(=O)CN1C(=O)S/C(=C/c2ccc(OCc3ccc([N+](=O)[O-])cc3)cc2)C1=O. The van der Waals surface area contributed by atoms with Crippen molar-refractivity contribution in [2.45, 2.75) is 6.61 Å². The highest BCUT2D eigenvalue weighted by atomic mass is 32.2. The van der Waals surface area contributed by atoms with Gasteiger partial charge in [0, 0.05) is 12.1 Å². The van der Waals surface area contributed by atoms with Crippen LogP contribution in [-0.2, 0) is 20.9 Å². The molecule has 1 aliphatic heterocycles. The van der Waals surface area contributed by atoms with Crippen molar-refractivity contribution in [1.29, 1.82) is 0 Å². The molecule has 2 aromatic rings. The van der Waals surface area contributed by atoms with E-state index >= 15 is 0 Å². The van der Waals surface area contributed by atoms with Crippen LogP contribution in [0.2, 0.25) is 0 Å². The minimum atomic E-state index is -0.673. The maximum Gasteiger partial charge on any atom is 0.325 e. The molecular weight excluding hydrogens is 412 g/mol. The standard InChI is InChI=1S/C20H16N2O7S/c1-28-18(23)11-21-19(24)17(30-20(21)25)10-13-4-8-16(9-5-13)29-12-14-2-6-15(7-3-14)22(26)27/h2-10H,11-12H2,1H3/b17-10+. The minimum absolute atomic E-state index is 0.0131. The quantitative estimate of drug-likeness (QED) is 0.285. The minimum Gasteiger partial charge on any atom is -0.489 e. The monoisotopic (exact) mass is 428 g/mol. The number of imide groups is 1. The van der Waals surface area contributed by atoms with Crippen LogP contribution in [0.4, 0.5) is 10.5 Å². The van der Waals surface area contributed by atoms with Crippen molar-refractivity contribution >= 4 is 40.6 Å². The summed E-state index contributed by atoms with van der Waals surface area (Å²) in [4.78, 5) is 46.8. The molecule has 0 saturated carbocycles. The first-order valence-electron chi connectivity index (χ1n) is 8.66. The number of carbonyl (C=O) groups is 3. The third-order valence-corrected chi connectivity index (χ3v) is 5.03. The molecule has 3 rings (SSSR count). The Kier molecular flexibility index (Phi) is 6.48. The maximum absolute atomic E-state index is 12.3. The molecule has 0 atom stereocenters. The van der Waals surface area contributed by atoms with E-state index in [9.17, 15) is 24.5 Å². The first-order valence-corrected chi connectivity index (χ1v) is 9.47. The van der Waals surface area contributed by atoms with E-state index in [0.717, 1.165) is 22.2 Å². The normalized spacial score (nSPS) is 14.8. The number of non-ortho nitro benzene ring substituents is 1. The summed E-state index contributed by atoms with van der Waals surface area (Å²) in [6, 6.07) is 12.9. The summed E-state index contributed by atoms with van der Waals surface area (Å²) >= 11 is 0.756. The number of nitro groups is 1. The number of rotatable bonds is 7. The van der Waals surface area contributed by atoms with Crippen LogP contribution in [0.15, 0.2) is 53.4 Å². The van der Waals surface area contributed by atoms with Crippen LogP contribution in [0.25, 0.3) is 6.08 Å². The highest BCUT2D eigenvalue weighted by molar-refractivity contribution is 8.18. The van der Waals surface area contributed by atoms with Gasteiger partial charge in [-0.15, -0.1) is 0 Å². The number of methoxy groups -OCH3 is 1. The molecule has 9 nitrogen and oxygen atoms in total. The Morgan fingerprint density at radius 3 is 2.40 bits per heavy atom. The Labute approximate surface area is 175 Å². The molecule has 1 aliphatic rings. The second-order valence-electron chi connectivity index (χ2n) is 6.13. The van der Waals surface area contributed by atoms with Crippen molar-refractivity contribution < 1.29 is 28.8 Å². The lowest BCUT2D eigenvalue weighted by atomic mass is 10.2. The summed E-state index contributed by atoms with van der Waals surface area (Å²) in [6.45, 7) is -0.183. The van der Waals surface area contributed by atoms with Crippen LogP contribution in [0, 0.1) is 10.1 Å². The van der Waals surface area contributed by atoms with Gasteiger partial charge < -0.3 is 9.47 Å². The second kappa shape index (κ2) is 9.23. The Bertz CT molecular complexity index is 1020. The zero-order chi connectivity index (χ0) is 21.7. The fourth-order valence-electron chi connectivity index (χ4n) is 2.52. The summed E-state index contributed by atoms with van der Waals surface area (Å²) in [7, 11) is 1.18. The van der Waals surface area contributed by atoms with E-state index < -0.39 is 28.6 Å². The molecule has 0 unspecified atom stereocenters. The van der Waals surface area contributed by atoms with Crippen LogP contribution in [0.5, 0.6) is 5.75 Å². The van der Waals surface area contributed by atoms with Gasteiger partial charge in [0.15, 0.2) is 0 Å². The second-order valence-corrected chi connectivity index (χ2v) is 7.12. The van der Waals surface area contributed by atoms with Crippen LogP contribution in [0.3, 0.4) is 0 Å². The van der Waals surface area contributed by atoms with Crippen LogP contribution in [0.1, 0.15) is 11.1 Å². The van der Waals surface area contributed by atoms with E-state index in [0.29, 0.717) is 11.3 Å². The van der Waals surface area contributed by atoms with E-state index in [1.807, 2.05) is 0 Å². The van der Waals surface area contributed by atoms with E-state index in [-0.39, 0.29) is 17.2 Å². The molecule has 1 saturated heterocycles. The molecule has 0 N–H and O–H groups in total. The number of thioether (sulfide) groups is 1. The fourth-order valence-corrected chi connectivity index (χ4v) is 3.36. The van der Waals surface area contributed by atoms with Gasteiger partial charge in [0.05, 0.1) is 16.9 Å². The van der Waals surface area contributed by atoms with Gasteiger partial charge in [-0.25, -0.2) is 0 Å². The molecule has 2 amide bonds. The predicted molar refractivity (Wildman–Crippen MR) is 109 cm³/mol. The topological polar surface area (TPSA) is 116 Å². The Morgan fingerprint density at radius 2 is 1.80 bits per heavy atom. The molecule has 0 bridgehead atoms. The lowest BCUT2D eigenvalue weighted by molar-refractivity contribution is -0.384. The van der Waals surface area contributed by atoms with Gasteiger partial charge in [0.25, 0.3) is 16.8 Å². The third-order valence-electron chi connectivity index (χ3n) is 4.12. The summed E-state index contributed by atoms with van der Waals surface area (Å²) in [5.41, 5.74) is 1.48. The molecule has 1 fully saturated rings. The van der Waals surface area contributed by atoms with E-state index in [2.05, 4.69) is 4.74 Å². The molecule has 30 heavy (non-hydrogen) atoms. The van der Waals surface area contributed by atoms with Crippen molar-refractivity contribution in [1.82, 2.24) is 4.90 Å². The zero-order valence-electron chi connectivity index (χ0n) is 15.8. The first kappa shape index (κ1) is 21.1. The molecule has 0 aliphatic carbocycles. The number of hydrogen-bond donors (Lipinski definition) is 0. The molecule has 10 heteroatoms. The van der Waals surface area contributed by atoms with E-state index in [1.165, 1.54) is 19.2 Å². The number of nitrogens with zero attached hydrogens (tertiary/aromatic N) is 2. The number of benzene rings is 2. The third kappa shape index (κ3) is 5.03. The van der Waals surface area contributed by atoms with Gasteiger partial charge in [-0.05, 0) is 53.2 Å². The Balaban J connectivity index is 1.61. The van der Waals surface area contributed by atoms with Crippen molar-refractivity contribution in [2.75, 3.05) is 13.7 Å². The molecule has 154 valence electrons.